The summed E-state index contributed by atoms with van der Waals surface area (Å²) in [7, 11) is 0. The summed E-state index contributed by atoms with van der Waals surface area (Å²) in [6.45, 7) is 6.15. The van der Waals surface area contributed by atoms with E-state index in [4.69, 9.17) is 10.5 Å². The van der Waals surface area contributed by atoms with E-state index in [0.29, 0.717) is 24.6 Å². The first-order valence-electron chi connectivity index (χ1n) is 6.42. The quantitative estimate of drug-likeness (QED) is 0.833. The summed E-state index contributed by atoms with van der Waals surface area (Å²) in [6, 6.07) is 3.72. The Hall–Kier alpha value is -1.62. The monoisotopic (exact) mass is 268 g/mol. The molecule has 0 heterocycles. The van der Waals surface area contributed by atoms with Crippen LogP contribution in [0.2, 0.25) is 0 Å². The molecule has 0 radical (unpaired) electrons. The molecule has 0 bridgehead atoms. The number of halogens is 1. The minimum absolute atomic E-state index is 0.173. The first kappa shape index (κ1) is 15.4. The van der Waals surface area contributed by atoms with Crippen LogP contribution in [0.4, 0.5) is 10.1 Å². The fraction of sp³-hybridized carbons (Fsp3) is 0.500. The molecule has 0 aliphatic carbocycles. The fourth-order valence-corrected chi connectivity index (χ4v) is 1.70. The van der Waals surface area contributed by atoms with Crippen LogP contribution in [0.3, 0.4) is 0 Å². The lowest BCUT2D eigenvalue weighted by molar-refractivity contribution is -0.117. The van der Waals surface area contributed by atoms with E-state index in [1.807, 2.05) is 13.8 Å². The molecule has 1 aromatic carbocycles. The Kier molecular flexibility index (Phi) is 5.76. The summed E-state index contributed by atoms with van der Waals surface area (Å²) in [5.74, 6) is -0.306. The number of amides is 1. The van der Waals surface area contributed by atoms with Crippen molar-refractivity contribution in [2.45, 2.75) is 33.2 Å². The van der Waals surface area contributed by atoms with Crippen molar-refractivity contribution in [2.24, 2.45) is 11.7 Å². The van der Waals surface area contributed by atoms with Crippen molar-refractivity contribution in [2.75, 3.05) is 11.9 Å². The van der Waals surface area contributed by atoms with Crippen molar-refractivity contribution < 1.29 is 13.9 Å². The number of benzene rings is 1. The van der Waals surface area contributed by atoms with Crippen LogP contribution in [0.15, 0.2) is 18.2 Å². The number of hydrogen-bond acceptors (Lipinski definition) is 3. The van der Waals surface area contributed by atoms with Crippen LogP contribution in [-0.4, -0.2) is 18.6 Å². The highest BCUT2D eigenvalue weighted by molar-refractivity contribution is 5.94. The van der Waals surface area contributed by atoms with E-state index in [2.05, 4.69) is 5.32 Å². The molecule has 19 heavy (non-hydrogen) atoms. The van der Waals surface area contributed by atoms with E-state index in [-0.39, 0.29) is 11.7 Å². The van der Waals surface area contributed by atoms with Gasteiger partial charge in [-0.25, -0.2) is 4.39 Å². The van der Waals surface area contributed by atoms with Crippen molar-refractivity contribution in [3.8, 4) is 5.75 Å². The number of carbonyl (C=O) groups is 1. The first-order valence-corrected chi connectivity index (χ1v) is 6.42. The highest BCUT2D eigenvalue weighted by Gasteiger charge is 2.15. The molecule has 0 aromatic heterocycles. The molecule has 0 aliphatic rings. The molecule has 0 aliphatic heterocycles. The lowest BCUT2D eigenvalue weighted by Gasteiger charge is -2.14. The molecule has 106 valence electrons. The molecule has 0 unspecified atom stereocenters. The van der Waals surface area contributed by atoms with Gasteiger partial charge in [0.25, 0.3) is 0 Å². The summed E-state index contributed by atoms with van der Waals surface area (Å²) in [6.07, 6.45) is 0.589. The third kappa shape index (κ3) is 4.87. The second-order valence-electron chi connectivity index (χ2n) is 4.80. The molecule has 1 amide bonds. The Morgan fingerprint density at radius 1 is 1.47 bits per heavy atom. The van der Waals surface area contributed by atoms with Crippen molar-refractivity contribution in [1.82, 2.24) is 0 Å². The highest BCUT2D eigenvalue weighted by Crippen LogP contribution is 2.21. The maximum absolute atomic E-state index is 13.6. The van der Waals surface area contributed by atoms with E-state index in [0.717, 1.165) is 0 Å². The Balaban J connectivity index is 2.67. The average Bonchev–Trinajstić information content (AvgIpc) is 2.32. The largest absolute Gasteiger partial charge is 0.491 e. The number of hydrogen-bond donors (Lipinski definition) is 2. The maximum atomic E-state index is 13.6. The zero-order valence-corrected chi connectivity index (χ0v) is 11.6. The van der Waals surface area contributed by atoms with E-state index in [1.54, 1.807) is 13.0 Å². The number of rotatable bonds is 6. The third-order valence-corrected chi connectivity index (χ3v) is 2.56. The number of ether oxygens (including phenoxy) is 1. The van der Waals surface area contributed by atoms with Crippen LogP contribution in [0.5, 0.6) is 5.75 Å². The number of anilines is 1. The molecule has 0 spiro atoms. The average molecular weight is 268 g/mol. The van der Waals surface area contributed by atoms with Crippen LogP contribution in [-0.2, 0) is 4.79 Å². The molecule has 5 heteroatoms. The lowest BCUT2D eigenvalue weighted by Crippen LogP contribution is -2.36. The van der Waals surface area contributed by atoms with E-state index in [9.17, 15) is 9.18 Å². The topological polar surface area (TPSA) is 64.3 Å². The predicted octanol–water partition coefficient (Wildman–Crippen LogP) is 2.54. The number of nitrogens with one attached hydrogen (secondary N) is 1. The molecule has 1 atom stereocenters. The highest BCUT2D eigenvalue weighted by atomic mass is 19.1. The number of carbonyl (C=O) groups excluding carboxylic acids is 1. The van der Waals surface area contributed by atoms with Crippen LogP contribution in [0, 0.1) is 11.7 Å². The van der Waals surface area contributed by atoms with Gasteiger partial charge in [0.15, 0.2) is 11.6 Å². The van der Waals surface area contributed by atoms with E-state index < -0.39 is 11.9 Å². The van der Waals surface area contributed by atoms with Gasteiger partial charge < -0.3 is 15.8 Å². The van der Waals surface area contributed by atoms with Gasteiger partial charge in [-0.15, -0.1) is 0 Å². The molecular formula is C14H21FN2O2. The van der Waals surface area contributed by atoms with Crippen LogP contribution < -0.4 is 15.8 Å². The summed E-state index contributed by atoms with van der Waals surface area (Å²) in [5, 5.41) is 2.60. The van der Waals surface area contributed by atoms with Gasteiger partial charge in [0.05, 0.1) is 12.6 Å². The summed E-state index contributed by atoms with van der Waals surface area (Å²) >= 11 is 0. The van der Waals surface area contributed by atoms with Crippen molar-refractivity contribution >= 4 is 11.6 Å². The predicted molar refractivity (Wildman–Crippen MR) is 73.6 cm³/mol. The van der Waals surface area contributed by atoms with E-state index >= 15 is 0 Å². The summed E-state index contributed by atoms with van der Waals surface area (Å²) in [4.78, 5) is 11.8. The Morgan fingerprint density at radius 2 is 2.16 bits per heavy atom. The minimum Gasteiger partial charge on any atom is -0.491 e. The van der Waals surface area contributed by atoms with Crippen molar-refractivity contribution in [1.29, 1.82) is 0 Å². The van der Waals surface area contributed by atoms with Gasteiger partial charge in [-0.2, -0.15) is 0 Å². The van der Waals surface area contributed by atoms with E-state index in [1.165, 1.54) is 12.1 Å². The third-order valence-electron chi connectivity index (χ3n) is 2.56. The SMILES string of the molecule is CCOc1ccc(NC(=O)[C@@H](N)CC(C)C)cc1F. The van der Waals surface area contributed by atoms with Gasteiger partial charge in [-0.3, -0.25) is 4.79 Å². The Labute approximate surface area is 113 Å². The molecule has 0 fully saturated rings. The zero-order chi connectivity index (χ0) is 14.4. The lowest BCUT2D eigenvalue weighted by atomic mass is 10.0. The zero-order valence-electron chi connectivity index (χ0n) is 11.6. The van der Waals surface area contributed by atoms with Crippen molar-refractivity contribution in [3.63, 3.8) is 0 Å². The first-order chi connectivity index (χ1) is 8.93. The van der Waals surface area contributed by atoms with Gasteiger partial charge in [0.2, 0.25) is 5.91 Å². The standard InChI is InChI=1S/C14H21FN2O2/c1-4-19-13-6-5-10(8-11(13)15)17-14(18)12(16)7-9(2)3/h5-6,8-9,12H,4,7,16H2,1-3H3,(H,17,18)/t12-/m0/s1. The smallest absolute Gasteiger partial charge is 0.241 e. The molecule has 0 saturated carbocycles. The van der Waals surface area contributed by atoms with Crippen molar-refractivity contribution in [3.05, 3.63) is 24.0 Å². The molecule has 0 saturated heterocycles. The minimum atomic E-state index is -0.588. The van der Waals surface area contributed by atoms with Gasteiger partial charge in [0, 0.05) is 11.8 Å². The summed E-state index contributed by atoms with van der Waals surface area (Å²) in [5.41, 5.74) is 6.13. The van der Waals surface area contributed by atoms with Gasteiger partial charge in [-0.05, 0) is 31.4 Å². The maximum Gasteiger partial charge on any atom is 0.241 e. The van der Waals surface area contributed by atoms with Gasteiger partial charge >= 0.3 is 0 Å². The van der Waals surface area contributed by atoms with Crippen LogP contribution in [0.1, 0.15) is 27.2 Å². The Bertz CT molecular complexity index is 435. The Morgan fingerprint density at radius 3 is 2.68 bits per heavy atom. The fourth-order valence-electron chi connectivity index (χ4n) is 1.70. The second-order valence-corrected chi connectivity index (χ2v) is 4.80. The normalized spacial score (nSPS) is 12.3. The summed E-state index contributed by atoms with van der Waals surface area (Å²) < 4.78 is 18.7. The molecule has 1 aromatic rings. The van der Waals surface area contributed by atoms with Gasteiger partial charge in [-0.1, -0.05) is 13.8 Å². The molecule has 3 N–H and O–H groups in total. The number of nitrogens with two attached hydrogens (primary N) is 1. The molecule has 1 rings (SSSR count). The second kappa shape index (κ2) is 7.09. The van der Waals surface area contributed by atoms with Crippen LogP contribution in [0.25, 0.3) is 0 Å². The molecule has 4 nitrogen and oxygen atoms in total. The molecular weight excluding hydrogens is 247 g/mol. The van der Waals surface area contributed by atoms with Crippen LogP contribution >= 0.6 is 0 Å². The van der Waals surface area contributed by atoms with Gasteiger partial charge in [0.1, 0.15) is 0 Å².